The van der Waals surface area contributed by atoms with Crippen LogP contribution in [0.25, 0.3) is 10.9 Å². The van der Waals surface area contributed by atoms with E-state index in [1.165, 1.54) is 0 Å². The van der Waals surface area contributed by atoms with Crippen molar-refractivity contribution in [2.24, 2.45) is 13.0 Å². The predicted octanol–water partition coefficient (Wildman–Crippen LogP) is 3.32. The Bertz CT molecular complexity index is 1070. The molecule has 1 aromatic carbocycles. The Labute approximate surface area is 164 Å². The lowest BCUT2D eigenvalue weighted by Crippen LogP contribution is -2.42. The average molecular weight is 376 g/mol. The van der Waals surface area contributed by atoms with Crippen LogP contribution < -0.4 is 0 Å². The van der Waals surface area contributed by atoms with E-state index in [-0.39, 0.29) is 17.6 Å². The van der Waals surface area contributed by atoms with E-state index in [0.29, 0.717) is 24.5 Å². The molecule has 1 saturated heterocycles. The lowest BCUT2D eigenvalue weighted by atomic mass is 9.92. The SMILES string of the molecule is Cc1ccc2nc(C)cc(C(=O)N3CCC[C@H](C(=O)c4nccn4C)C3)c2c1. The zero-order valence-corrected chi connectivity index (χ0v) is 16.5. The van der Waals surface area contributed by atoms with E-state index < -0.39 is 0 Å². The summed E-state index contributed by atoms with van der Waals surface area (Å²) < 4.78 is 1.74. The number of aromatic nitrogens is 3. The number of Topliss-reactive ketones (excluding diaryl/α,β-unsaturated/α-hetero) is 1. The first kappa shape index (κ1) is 18.3. The van der Waals surface area contributed by atoms with E-state index in [2.05, 4.69) is 9.97 Å². The summed E-state index contributed by atoms with van der Waals surface area (Å²) in [6.45, 7) is 5.01. The highest BCUT2D eigenvalue weighted by molar-refractivity contribution is 6.06. The molecule has 0 bridgehead atoms. The normalized spacial score (nSPS) is 17.1. The zero-order chi connectivity index (χ0) is 19.8. The number of ketones is 1. The van der Waals surface area contributed by atoms with Gasteiger partial charge < -0.3 is 9.47 Å². The number of fused-ring (bicyclic) bond motifs is 1. The third-order valence-electron chi connectivity index (χ3n) is 5.44. The summed E-state index contributed by atoms with van der Waals surface area (Å²) in [5.41, 5.74) is 3.40. The number of amides is 1. The van der Waals surface area contributed by atoms with Crippen LogP contribution in [0.3, 0.4) is 0 Å². The third kappa shape index (κ3) is 3.30. The molecule has 1 atom stereocenters. The van der Waals surface area contributed by atoms with Gasteiger partial charge in [0.25, 0.3) is 5.91 Å². The summed E-state index contributed by atoms with van der Waals surface area (Å²) in [5.74, 6) is 0.227. The molecule has 0 saturated carbocycles. The third-order valence-corrected chi connectivity index (χ3v) is 5.44. The first-order valence-corrected chi connectivity index (χ1v) is 9.63. The number of carbonyl (C=O) groups is 2. The summed E-state index contributed by atoms with van der Waals surface area (Å²) in [6.07, 6.45) is 5.00. The molecule has 28 heavy (non-hydrogen) atoms. The van der Waals surface area contributed by atoms with Crippen molar-refractivity contribution in [2.45, 2.75) is 26.7 Å². The van der Waals surface area contributed by atoms with E-state index >= 15 is 0 Å². The van der Waals surface area contributed by atoms with Crippen LogP contribution >= 0.6 is 0 Å². The summed E-state index contributed by atoms with van der Waals surface area (Å²) in [4.78, 5) is 36.8. The number of hydrogen-bond donors (Lipinski definition) is 0. The molecule has 1 aliphatic rings. The Balaban J connectivity index is 1.63. The molecule has 1 amide bonds. The van der Waals surface area contributed by atoms with Crippen LogP contribution in [0.5, 0.6) is 0 Å². The van der Waals surface area contributed by atoms with Crippen LogP contribution in [0.1, 0.15) is 45.1 Å². The number of pyridine rings is 1. The number of aryl methyl sites for hydroxylation is 3. The van der Waals surface area contributed by atoms with Crippen molar-refractivity contribution in [2.75, 3.05) is 13.1 Å². The molecule has 1 fully saturated rings. The minimum Gasteiger partial charge on any atom is -0.338 e. The van der Waals surface area contributed by atoms with Gasteiger partial charge in [0.1, 0.15) is 0 Å². The highest BCUT2D eigenvalue weighted by atomic mass is 16.2. The molecule has 3 heterocycles. The summed E-state index contributed by atoms with van der Waals surface area (Å²) >= 11 is 0. The highest BCUT2D eigenvalue weighted by Crippen LogP contribution is 2.25. The number of rotatable bonds is 3. The molecular weight excluding hydrogens is 352 g/mol. The molecule has 0 unspecified atom stereocenters. The van der Waals surface area contributed by atoms with E-state index in [1.807, 2.05) is 50.1 Å². The van der Waals surface area contributed by atoms with Gasteiger partial charge in [-0.25, -0.2) is 4.98 Å². The zero-order valence-electron chi connectivity index (χ0n) is 16.5. The maximum absolute atomic E-state index is 13.4. The fourth-order valence-electron chi connectivity index (χ4n) is 3.98. The first-order chi connectivity index (χ1) is 13.4. The van der Waals surface area contributed by atoms with E-state index in [1.54, 1.807) is 17.0 Å². The van der Waals surface area contributed by atoms with Gasteiger partial charge in [0.15, 0.2) is 5.82 Å². The van der Waals surface area contributed by atoms with Gasteiger partial charge in [-0.3, -0.25) is 14.6 Å². The van der Waals surface area contributed by atoms with Crippen molar-refractivity contribution in [3.8, 4) is 0 Å². The van der Waals surface area contributed by atoms with Gasteiger partial charge in [-0.05, 0) is 44.9 Å². The van der Waals surface area contributed by atoms with Crippen LogP contribution in [0, 0.1) is 19.8 Å². The second-order valence-corrected chi connectivity index (χ2v) is 7.65. The summed E-state index contributed by atoms with van der Waals surface area (Å²) in [6, 6.07) is 7.83. The highest BCUT2D eigenvalue weighted by Gasteiger charge is 2.31. The largest absolute Gasteiger partial charge is 0.338 e. The first-order valence-electron chi connectivity index (χ1n) is 9.63. The lowest BCUT2D eigenvalue weighted by molar-refractivity contribution is 0.0634. The van der Waals surface area contributed by atoms with Crippen molar-refractivity contribution in [3.63, 3.8) is 0 Å². The van der Waals surface area contributed by atoms with Crippen LogP contribution in [0.4, 0.5) is 0 Å². The van der Waals surface area contributed by atoms with E-state index in [9.17, 15) is 9.59 Å². The number of hydrogen-bond acceptors (Lipinski definition) is 4. The van der Waals surface area contributed by atoms with Crippen molar-refractivity contribution in [3.05, 3.63) is 59.3 Å². The molecule has 6 heteroatoms. The minimum absolute atomic E-state index is 0.0108. The molecular formula is C22H24N4O2. The van der Waals surface area contributed by atoms with E-state index in [4.69, 9.17) is 0 Å². The number of imidazole rings is 1. The van der Waals surface area contributed by atoms with Gasteiger partial charge in [-0.1, -0.05) is 11.6 Å². The number of piperidine rings is 1. The summed E-state index contributed by atoms with van der Waals surface area (Å²) in [7, 11) is 1.82. The molecule has 3 aromatic rings. The molecule has 0 radical (unpaired) electrons. The fourth-order valence-corrected chi connectivity index (χ4v) is 3.98. The Kier molecular flexibility index (Phi) is 4.71. The molecule has 0 aliphatic carbocycles. The molecule has 0 spiro atoms. The van der Waals surface area contributed by atoms with Gasteiger partial charge in [0.2, 0.25) is 5.78 Å². The Morgan fingerprint density at radius 1 is 1.18 bits per heavy atom. The number of nitrogens with zero attached hydrogens (tertiary/aromatic N) is 4. The second kappa shape index (κ2) is 7.19. The van der Waals surface area contributed by atoms with Gasteiger partial charge in [-0.15, -0.1) is 0 Å². The fraction of sp³-hybridized carbons (Fsp3) is 0.364. The van der Waals surface area contributed by atoms with E-state index in [0.717, 1.165) is 35.0 Å². The molecule has 4 rings (SSSR count). The standard InChI is InChI=1S/C22H24N4O2/c1-14-6-7-19-17(11-14)18(12-15(2)24-19)22(28)26-9-4-5-16(13-26)20(27)21-23-8-10-25(21)3/h6-8,10-12,16H,4-5,9,13H2,1-3H3/t16-/m0/s1. The van der Waals surface area contributed by atoms with Crippen molar-refractivity contribution in [1.29, 1.82) is 0 Å². The lowest BCUT2D eigenvalue weighted by Gasteiger charge is -2.32. The molecule has 2 aromatic heterocycles. The van der Waals surface area contributed by atoms with Crippen LogP contribution in [-0.2, 0) is 7.05 Å². The molecule has 6 nitrogen and oxygen atoms in total. The van der Waals surface area contributed by atoms with Crippen molar-refractivity contribution in [1.82, 2.24) is 19.4 Å². The Morgan fingerprint density at radius 2 is 2.00 bits per heavy atom. The predicted molar refractivity (Wildman–Crippen MR) is 107 cm³/mol. The maximum atomic E-state index is 13.4. The van der Waals surface area contributed by atoms with Crippen molar-refractivity contribution < 1.29 is 9.59 Å². The van der Waals surface area contributed by atoms with Gasteiger partial charge in [-0.2, -0.15) is 0 Å². The molecule has 144 valence electrons. The Hall–Kier alpha value is -3.02. The monoisotopic (exact) mass is 376 g/mol. The minimum atomic E-state index is -0.213. The quantitative estimate of drug-likeness (QED) is 0.658. The molecule has 0 N–H and O–H groups in total. The van der Waals surface area contributed by atoms with Gasteiger partial charge in [0, 0.05) is 49.5 Å². The number of benzene rings is 1. The average Bonchev–Trinajstić information content (AvgIpc) is 3.12. The molecule has 1 aliphatic heterocycles. The van der Waals surface area contributed by atoms with Gasteiger partial charge in [0.05, 0.1) is 11.1 Å². The number of likely N-dealkylation sites (tertiary alicyclic amines) is 1. The van der Waals surface area contributed by atoms with Crippen molar-refractivity contribution >= 4 is 22.6 Å². The van der Waals surface area contributed by atoms with Gasteiger partial charge >= 0.3 is 0 Å². The topological polar surface area (TPSA) is 68.1 Å². The summed E-state index contributed by atoms with van der Waals surface area (Å²) in [5, 5.41) is 0.869. The second-order valence-electron chi connectivity index (χ2n) is 7.65. The van der Waals surface area contributed by atoms with Crippen LogP contribution in [0.15, 0.2) is 36.7 Å². The van der Waals surface area contributed by atoms with Crippen LogP contribution in [-0.4, -0.2) is 44.2 Å². The smallest absolute Gasteiger partial charge is 0.254 e. The number of carbonyl (C=O) groups excluding carboxylic acids is 2. The maximum Gasteiger partial charge on any atom is 0.254 e. The Morgan fingerprint density at radius 3 is 2.75 bits per heavy atom. The van der Waals surface area contributed by atoms with Crippen LogP contribution in [0.2, 0.25) is 0 Å².